The molecule has 4 rings (SSSR count). The van der Waals surface area contributed by atoms with Crippen molar-refractivity contribution in [3.05, 3.63) is 30.7 Å². The molecule has 0 radical (unpaired) electrons. The summed E-state index contributed by atoms with van der Waals surface area (Å²) in [7, 11) is 0. The highest BCUT2D eigenvalue weighted by molar-refractivity contribution is 5.90. The van der Waals surface area contributed by atoms with E-state index < -0.39 is 0 Å². The van der Waals surface area contributed by atoms with Crippen LogP contribution in [0.1, 0.15) is 0 Å². The largest absolute Gasteiger partial charge is 0.396 e. The van der Waals surface area contributed by atoms with Crippen molar-refractivity contribution in [1.82, 2.24) is 9.97 Å². The molecule has 2 aromatic rings. The van der Waals surface area contributed by atoms with Crippen molar-refractivity contribution in [3.8, 4) is 0 Å². The van der Waals surface area contributed by atoms with Crippen LogP contribution in [0.2, 0.25) is 0 Å². The molecule has 4 heteroatoms. The number of fused-ring (bicyclic) bond motifs is 2. The number of aliphatic hydroxyl groups excluding tert-OH is 1. The predicted molar refractivity (Wildman–Crippen MR) is 69.3 cm³/mol. The number of rotatable bonds is 2. The summed E-state index contributed by atoms with van der Waals surface area (Å²) in [5.41, 5.74) is 2.23. The molecule has 3 heterocycles. The number of hydrogen-bond acceptors (Lipinski definition) is 4. The van der Waals surface area contributed by atoms with Crippen LogP contribution < -0.4 is 4.90 Å². The van der Waals surface area contributed by atoms with Gasteiger partial charge in [-0.2, -0.15) is 0 Å². The van der Waals surface area contributed by atoms with E-state index in [1.807, 2.05) is 18.5 Å². The average molecular weight is 241 g/mol. The van der Waals surface area contributed by atoms with E-state index in [1.54, 1.807) is 6.20 Å². The first kappa shape index (κ1) is 10.3. The van der Waals surface area contributed by atoms with Crippen LogP contribution in [0.5, 0.6) is 0 Å². The summed E-state index contributed by atoms with van der Waals surface area (Å²) in [4.78, 5) is 11.0. The Morgan fingerprint density at radius 2 is 2.06 bits per heavy atom. The third-order valence-corrected chi connectivity index (χ3v) is 4.44. The molecule has 2 aromatic heterocycles. The zero-order valence-electron chi connectivity index (χ0n) is 10.0. The minimum absolute atomic E-state index is 0.349. The Labute approximate surface area is 105 Å². The van der Waals surface area contributed by atoms with Crippen LogP contribution in [0, 0.1) is 17.8 Å². The van der Waals surface area contributed by atoms with Gasteiger partial charge in [0.1, 0.15) is 0 Å². The molecule has 4 nitrogen and oxygen atoms in total. The lowest BCUT2D eigenvalue weighted by Crippen LogP contribution is -2.24. The molecule has 2 aliphatic rings. The highest BCUT2D eigenvalue weighted by Crippen LogP contribution is 2.52. The first-order valence-electron chi connectivity index (χ1n) is 6.43. The Bertz CT molecular complexity index is 583. The lowest BCUT2D eigenvalue weighted by Gasteiger charge is -2.22. The molecule has 1 unspecified atom stereocenters. The third kappa shape index (κ3) is 1.35. The molecular formula is C14H15N3O. The number of nitrogens with zero attached hydrogens (tertiary/aromatic N) is 3. The Hall–Kier alpha value is -1.68. The number of aliphatic hydroxyl groups is 1. The molecule has 1 saturated carbocycles. The lowest BCUT2D eigenvalue weighted by atomic mass is 10.2. The van der Waals surface area contributed by atoms with Gasteiger partial charge in [0, 0.05) is 49.4 Å². The summed E-state index contributed by atoms with van der Waals surface area (Å²) in [6, 6.07) is 4.02. The molecule has 1 N–H and O–H groups in total. The van der Waals surface area contributed by atoms with Crippen LogP contribution in [0.25, 0.3) is 10.9 Å². The molecule has 0 bridgehead atoms. The molecule has 3 atom stereocenters. The van der Waals surface area contributed by atoms with Crippen molar-refractivity contribution in [3.63, 3.8) is 0 Å². The summed E-state index contributed by atoms with van der Waals surface area (Å²) in [6.07, 6.45) is 5.54. The van der Waals surface area contributed by atoms with E-state index in [9.17, 15) is 5.11 Å². The van der Waals surface area contributed by atoms with Crippen LogP contribution in [-0.4, -0.2) is 34.8 Å². The van der Waals surface area contributed by atoms with Gasteiger partial charge in [0.05, 0.1) is 5.52 Å². The maximum absolute atomic E-state index is 9.20. The average Bonchev–Trinajstić information content (AvgIpc) is 2.90. The van der Waals surface area contributed by atoms with Crippen molar-refractivity contribution >= 4 is 16.6 Å². The first-order chi connectivity index (χ1) is 8.88. The van der Waals surface area contributed by atoms with E-state index in [-0.39, 0.29) is 0 Å². The fraction of sp³-hybridized carbons (Fsp3) is 0.429. The highest BCUT2D eigenvalue weighted by atomic mass is 16.3. The van der Waals surface area contributed by atoms with Gasteiger partial charge in [0.25, 0.3) is 0 Å². The second kappa shape index (κ2) is 3.65. The van der Waals surface area contributed by atoms with Gasteiger partial charge in [-0.05, 0) is 29.9 Å². The molecule has 0 aromatic carbocycles. The normalized spacial score (nSPS) is 29.6. The van der Waals surface area contributed by atoms with Crippen molar-refractivity contribution in [2.45, 2.75) is 0 Å². The maximum Gasteiger partial charge on any atom is 0.0753 e. The van der Waals surface area contributed by atoms with E-state index in [0.29, 0.717) is 24.4 Å². The Kier molecular flexibility index (Phi) is 2.08. The molecule has 0 spiro atoms. The van der Waals surface area contributed by atoms with Gasteiger partial charge in [0.2, 0.25) is 0 Å². The van der Waals surface area contributed by atoms with Gasteiger partial charge in [-0.25, -0.2) is 0 Å². The molecule has 0 amide bonds. The van der Waals surface area contributed by atoms with Gasteiger partial charge < -0.3 is 10.0 Å². The van der Waals surface area contributed by atoms with Crippen molar-refractivity contribution in [1.29, 1.82) is 0 Å². The second-order valence-corrected chi connectivity index (χ2v) is 5.30. The standard InChI is InChI=1S/C14H15N3O/c18-8-12-10-6-17(7-11(10)12)14-2-4-16-13-1-3-15-5-9(13)14/h1-5,10-12,18H,6-8H2/t10-,11+,12?. The maximum atomic E-state index is 9.20. The van der Waals surface area contributed by atoms with E-state index in [4.69, 9.17) is 0 Å². The molecule has 1 saturated heterocycles. The highest BCUT2D eigenvalue weighted by Gasteiger charge is 2.55. The summed E-state index contributed by atoms with van der Waals surface area (Å²) < 4.78 is 0. The Balaban J connectivity index is 1.69. The molecule has 1 aliphatic heterocycles. The number of anilines is 1. The smallest absolute Gasteiger partial charge is 0.0753 e. The summed E-state index contributed by atoms with van der Waals surface area (Å²) >= 11 is 0. The quantitative estimate of drug-likeness (QED) is 0.861. The van der Waals surface area contributed by atoms with Crippen LogP contribution >= 0.6 is 0 Å². The van der Waals surface area contributed by atoms with E-state index >= 15 is 0 Å². The summed E-state index contributed by atoms with van der Waals surface area (Å²) in [5.74, 6) is 1.93. The number of pyridine rings is 2. The van der Waals surface area contributed by atoms with Crippen LogP contribution in [0.4, 0.5) is 5.69 Å². The fourth-order valence-corrected chi connectivity index (χ4v) is 3.37. The second-order valence-electron chi connectivity index (χ2n) is 5.30. The lowest BCUT2D eigenvalue weighted by molar-refractivity contribution is 0.260. The molecule has 1 aliphatic carbocycles. The fourth-order valence-electron chi connectivity index (χ4n) is 3.37. The first-order valence-corrected chi connectivity index (χ1v) is 6.43. The van der Waals surface area contributed by atoms with E-state index in [1.165, 1.54) is 5.69 Å². The SMILES string of the molecule is OCC1[C@H]2CN(c3ccnc4ccncc34)C[C@@H]12. The number of hydrogen-bond donors (Lipinski definition) is 1. The van der Waals surface area contributed by atoms with Crippen LogP contribution in [0.15, 0.2) is 30.7 Å². The van der Waals surface area contributed by atoms with Gasteiger partial charge in [-0.1, -0.05) is 0 Å². The molecule has 92 valence electrons. The van der Waals surface area contributed by atoms with Gasteiger partial charge in [-0.15, -0.1) is 0 Å². The van der Waals surface area contributed by atoms with E-state index in [2.05, 4.69) is 20.9 Å². The monoisotopic (exact) mass is 241 g/mol. The number of piperidine rings is 1. The zero-order chi connectivity index (χ0) is 12.1. The van der Waals surface area contributed by atoms with Gasteiger partial charge in [0.15, 0.2) is 0 Å². The Morgan fingerprint density at radius 3 is 2.83 bits per heavy atom. The van der Waals surface area contributed by atoms with Crippen molar-refractivity contribution in [2.24, 2.45) is 17.8 Å². The van der Waals surface area contributed by atoms with Gasteiger partial charge >= 0.3 is 0 Å². The van der Waals surface area contributed by atoms with Gasteiger partial charge in [-0.3, -0.25) is 9.97 Å². The minimum atomic E-state index is 0.349. The van der Waals surface area contributed by atoms with Crippen molar-refractivity contribution in [2.75, 3.05) is 24.6 Å². The van der Waals surface area contributed by atoms with Crippen molar-refractivity contribution < 1.29 is 5.11 Å². The van der Waals surface area contributed by atoms with Crippen LogP contribution in [-0.2, 0) is 0 Å². The van der Waals surface area contributed by atoms with E-state index in [0.717, 1.165) is 24.0 Å². The molecule has 2 fully saturated rings. The Morgan fingerprint density at radius 1 is 1.22 bits per heavy atom. The predicted octanol–water partition coefficient (Wildman–Crippen LogP) is 1.30. The summed E-state index contributed by atoms with van der Waals surface area (Å²) in [5, 5.41) is 10.3. The third-order valence-electron chi connectivity index (χ3n) is 4.44. The molecule has 18 heavy (non-hydrogen) atoms. The van der Waals surface area contributed by atoms with Crippen LogP contribution in [0.3, 0.4) is 0 Å². The topological polar surface area (TPSA) is 49.2 Å². The zero-order valence-corrected chi connectivity index (χ0v) is 10.0. The number of aromatic nitrogens is 2. The summed E-state index contributed by atoms with van der Waals surface area (Å²) in [6.45, 7) is 2.47. The minimum Gasteiger partial charge on any atom is -0.396 e. The molecular weight excluding hydrogens is 226 g/mol.